The van der Waals surface area contributed by atoms with Crippen LogP contribution in [0, 0.1) is 11.3 Å². The molecule has 12 heavy (non-hydrogen) atoms. The lowest BCUT2D eigenvalue weighted by Gasteiger charge is -2.11. The van der Waals surface area contributed by atoms with Gasteiger partial charge in [-0.3, -0.25) is 13.6 Å². The van der Waals surface area contributed by atoms with Crippen LogP contribution in [0.5, 0.6) is 0 Å². The number of nitrogens with zero attached hydrogens (tertiary/aromatic N) is 1. The predicted octanol–water partition coefficient (Wildman–Crippen LogP) is 2.10. The Hall–Kier alpha value is -0.760. The average molecular weight is 197 g/mol. The van der Waals surface area contributed by atoms with Crippen LogP contribution < -0.4 is 0 Å². The summed E-state index contributed by atoms with van der Waals surface area (Å²) in [6.45, 7) is 0.110. The SMILES string of the molecule is C=C(C#N)P(=O)(OCF)OCF. The van der Waals surface area contributed by atoms with E-state index in [2.05, 4.69) is 15.6 Å². The van der Waals surface area contributed by atoms with Gasteiger partial charge in [0, 0.05) is 0 Å². The van der Waals surface area contributed by atoms with E-state index in [4.69, 9.17) is 5.26 Å². The number of allylic oxidation sites excluding steroid dienone is 1. The van der Waals surface area contributed by atoms with Gasteiger partial charge in [0.1, 0.15) is 11.4 Å². The first kappa shape index (κ1) is 11.2. The van der Waals surface area contributed by atoms with Crippen LogP contribution in [0.2, 0.25) is 0 Å². The average Bonchev–Trinajstić information content (AvgIpc) is 2.04. The van der Waals surface area contributed by atoms with Gasteiger partial charge in [0.15, 0.2) is 13.7 Å². The molecule has 0 spiro atoms. The predicted molar refractivity (Wildman–Crippen MR) is 36.5 cm³/mol. The number of nitriles is 1. The Labute approximate surface area is 67.9 Å². The van der Waals surface area contributed by atoms with E-state index >= 15 is 0 Å². The van der Waals surface area contributed by atoms with Crippen LogP contribution in [0.3, 0.4) is 0 Å². The molecule has 0 heterocycles. The first-order valence-corrected chi connectivity index (χ1v) is 4.25. The van der Waals surface area contributed by atoms with E-state index in [1.807, 2.05) is 0 Å². The topological polar surface area (TPSA) is 59.3 Å². The van der Waals surface area contributed by atoms with Crippen LogP contribution in [-0.2, 0) is 13.6 Å². The van der Waals surface area contributed by atoms with Crippen molar-refractivity contribution in [2.75, 3.05) is 13.7 Å². The van der Waals surface area contributed by atoms with Gasteiger partial charge in [-0.2, -0.15) is 5.26 Å². The normalized spacial score (nSPS) is 10.8. The molecule has 0 amide bonds. The van der Waals surface area contributed by atoms with Gasteiger partial charge in [-0.15, -0.1) is 0 Å². The van der Waals surface area contributed by atoms with Crippen molar-refractivity contribution in [1.82, 2.24) is 0 Å². The first-order valence-electron chi connectivity index (χ1n) is 2.71. The Balaban J connectivity index is 4.52. The van der Waals surface area contributed by atoms with Gasteiger partial charge >= 0.3 is 7.60 Å². The maximum atomic E-state index is 11.6. The maximum Gasteiger partial charge on any atom is 0.375 e. The molecular formula is C5H6F2NO3P. The highest BCUT2D eigenvalue weighted by Gasteiger charge is 2.29. The van der Waals surface area contributed by atoms with Crippen molar-refractivity contribution in [3.63, 3.8) is 0 Å². The monoisotopic (exact) mass is 197 g/mol. The zero-order chi connectivity index (χ0) is 9.61. The van der Waals surface area contributed by atoms with Gasteiger partial charge in [0.25, 0.3) is 0 Å². The second kappa shape index (κ2) is 4.99. The van der Waals surface area contributed by atoms with E-state index in [1.54, 1.807) is 0 Å². The van der Waals surface area contributed by atoms with Gasteiger partial charge in [-0.1, -0.05) is 6.58 Å². The fourth-order valence-corrected chi connectivity index (χ4v) is 1.15. The Kier molecular flexibility index (Phi) is 4.67. The molecule has 7 heteroatoms. The van der Waals surface area contributed by atoms with Crippen LogP contribution in [-0.4, -0.2) is 13.7 Å². The summed E-state index contributed by atoms with van der Waals surface area (Å²) in [7, 11) is -4.12. The minimum Gasteiger partial charge on any atom is -0.272 e. The van der Waals surface area contributed by atoms with Crippen LogP contribution in [0.15, 0.2) is 11.9 Å². The van der Waals surface area contributed by atoms with E-state index in [1.165, 1.54) is 6.07 Å². The third kappa shape index (κ3) is 2.70. The fraction of sp³-hybridized carbons (Fsp3) is 0.400. The molecule has 0 N–H and O–H groups in total. The summed E-state index contributed by atoms with van der Waals surface area (Å²) in [5, 5.41) is 7.57. The molecule has 0 aliphatic heterocycles. The Bertz CT molecular complexity index is 240. The summed E-state index contributed by atoms with van der Waals surface area (Å²) in [6.07, 6.45) is 0. The Morgan fingerprint density at radius 3 is 2.17 bits per heavy atom. The van der Waals surface area contributed by atoms with Gasteiger partial charge < -0.3 is 0 Å². The van der Waals surface area contributed by atoms with Crippen molar-refractivity contribution >= 4 is 7.60 Å². The highest BCUT2D eigenvalue weighted by molar-refractivity contribution is 7.58. The second-order valence-corrected chi connectivity index (χ2v) is 3.58. The second-order valence-electron chi connectivity index (χ2n) is 1.53. The van der Waals surface area contributed by atoms with E-state index in [9.17, 15) is 13.3 Å². The molecule has 0 aromatic rings. The van der Waals surface area contributed by atoms with Crippen molar-refractivity contribution in [3.05, 3.63) is 11.9 Å². The zero-order valence-electron chi connectivity index (χ0n) is 6.00. The summed E-state index contributed by atoms with van der Waals surface area (Å²) >= 11 is 0. The maximum absolute atomic E-state index is 11.6. The summed E-state index contributed by atoms with van der Waals surface area (Å²) in [6, 6.07) is 1.33. The molecule has 0 radical (unpaired) electrons. The highest BCUT2D eigenvalue weighted by Crippen LogP contribution is 2.54. The van der Waals surface area contributed by atoms with E-state index in [0.29, 0.717) is 0 Å². The van der Waals surface area contributed by atoms with E-state index in [-0.39, 0.29) is 0 Å². The molecular weight excluding hydrogens is 191 g/mol. The molecule has 0 fully saturated rings. The molecule has 68 valence electrons. The molecule has 0 rings (SSSR count). The smallest absolute Gasteiger partial charge is 0.272 e. The number of rotatable bonds is 5. The fourth-order valence-electron chi connectivity index (χ4n) is 0.383. The van der Waals surface area contributed by atoms with Crippen molar-refractivity contribution in [2.45, 2.75) is 0 Å². The molecule has 0 aromatic heterocycles. The lowest BCUT2D eigenvalue weighted by atomic mass is 10.7. The number of hydrogen-bond donors (Lipinski definition) is 0. The molecule has 0 unspecified atom stereocenters. The number of hydrogen-bond acceptors (Lipinski definition) is 4. The standard InChI is InChI=1S/C5H6F2NO3P/c1-5(2-8)12(9,10-3-6)11-4-7/h1,3-4H2. The summed E-state index contributed by atoms with van der Waals surface area (Å²) < 4.78 is 42.1. The van der Waals surface area contributed by atoms with Crippen LogP contribution >= 0.6 is 7.60 Å². The van der Waals surface area contributed by atoms with Gasteiger partial charge in [0.2, 0.25) is 0 Å². The lowest BCUT2D eigenvalue weighted by Crippen LogP contribution is -1.95. The largest absolute Gasteiger partial charge is 0.375 e. The summed E-state index contributed by atoms with van der Waals surface area (Å²) in [4.78, 5) is 0. The molecule has 4 nitrogen and oxygen atoms in total. The highest BCUT2D eigenvalue weighted by atomic mass is 31.2. The van der Waals surface area contributed by atoms with Crippen molar-refractivity contribution < 1.29 is 22.4 Å². The molecule has 0 atom stereocenters. The van der Waals surface area contributed by atoms with Gasteiger partial charge in [0.05, 0.1) is 0 Å². The molecule has 0 aromatic carbocycles. The minimum atomic E-state index is -4.12. The first-order chi connectivity index (χ1) is 5.60. The van der Waals surface area contributed by atoms with Gasteiger partial charge in [-0.25, -0.2) is 8.78 Å². The van der Waals surface area contributed by atoms with Crippen LogP contribution in [0.1, 0.15) is 0 Å². The van der Waals surface area contributed by atoms with Crippen molar-refractivity contribution in [1.29, 1.82) is 5.26 Å². The number of alkyl halides is 2. The van der Waals surface area contributed by atoms with Crippen LogP contribution in [0.4, 0.5) is 8.78 Å². The number of halogens is 2. The van der Waals surface area contributed by atoms with E-state index in [0.717, 1.165) is 0 Å². The molecule has 0 aliphatic rings. The van der Waals surface area contributed by atoms with Crippen molar-refractivity contribution in [2.24, 2.45) is 0 Å². The molecule has 0 aliphatic carbocycles. The third-order valence-electron chi connectivity index (χ3n) is 0.897. The lowest BCUT2D eigenvalue weighted by molar-refractivity contribution is 0.116. The Morgan fingerprint density at radius 2 is 1.92 bits per heavy atom. The third-order valence-corrected chi connectivity index (χ3v) is 2.53. The van der Waals surface area contributed by atoms with E-state index < -0.39 is 26.6 Å². The zero-order valence-corrected chi connectivity index (χ0v) is 6.89. The minimum absolute atomic E-state index is 0.627. The van der Waals surface area contributed by atoms with Crippen molar-refractivity contribution in [3.8, 4) is 6.07 Å². The molecule has 0 bridgehead atoms. The summed E-state index contributed by atoms with van der Waals surface area (Å²) in [5.41, 5.74) is 0. The quantitative estimate of drug-likeness (QED) is 0.500. The molecule has 0 saturated carbocycles. The van der Waals surface area contributed by atoms with Gasteiger partial charge in [-0.05, 0) is 0 Å². The van der Waals surface area contributed by atoms with Crippen LogP contribution in [0.25, 0.3) is 0 Å². The molecule has 0 saturated heterocycles. The summed E-state index contributed by atoms with van der Waals surface area (Å²) in [5.74, 6) is 0. The Morgan fingerprint density at radius 1 is 1.50 bits per heavy atom.